The van der Waals surface area contributed by atoms with E-state index in [4.69, 9.17) is 0 Å². The highest BCUT2D eigenvalue weighted by atomic mass is 19.4. The van der Waals surface area contributed by atoms with Gasteiger partial charge in [-0.3, -0.25) is 14.6 Å². The Kier molecular flexibility index (Phi) is 5.00. The van der Waals surface area contributed by atoms with Crippen molar-refractivity contribution in [3.63, 3.8) is 0 Å². The summed E-state index contributed by atoms with van der Waals surface area (Å²) in [5.74, 6) is -2.42. The first-order chi connectivity index (χ1) is 14.1. The summed E-state index contributed by atoms with van der Waals surface area (Å²) < 4.78 is 66.2. The van der Waals surface area contributed by atoms with Gasteiger partial charge < -0.3 is 9.80 Å². The van der Waals surface area contributed by atoms with Crippen molar-refractivity contribution in [1.82, 2.24) is 20.2 Å². The zero-order valence-corrected chi connectivity index (χ0v) is 15.5. The van der Waals surface area contributed by atoms with E-state index in [0.717, 1.165) is 4.90 Å². The summed E-state index contributed by atoms with van der Waals surface area (Å²) in [6, 6.07) is 2.54. The molecule has 0 spiro atoms. The van der Waals surface area contributed by atoms with Crippen LogP contribution in [-0.2, 0) is 15.8 Å². The SMILES string of the molecule is O=C1C2=C(c3ccc(F)c(C(F)(F)F)c3)CNN2C=CN1CC(=O)N1CCC(F)C1. The number of nitrogens with one attached hydrogen (secondary N) is 1. The molecule has 3 aliphatic rings. The lowest BCUT2D eigenvalue weighted by atomic mass is 10.0. The van der Waals surface area contributed by atoms with Gasteiger partial charge in [-0.25, -0.2) is 14.2 Å². The van der Waals surface area contributed by atoms with E-state index in [-0.39, 0.29) is 49.4 Å². The highest BCUT2D eigenvalue weighted by Crippen LogP contribution is 2.35. The monoisotopic (exact) mass is 428 g/mol. The molecule has 1 fully saturated rings. The van der Waals surface area contributed by atoms with Gasteiger partial charge in [-0.15, -0.1) is 0 Å². The maximum Gasteiger partial charge on any atom is 0.419 e. The predicted octanol–water partition coefficient (Wildman–Crippen LogP) is 2.26. The maximum atomic E-state index is 13.6. The Balaban J connectivity index is 1.62. The fourth-order valence-electron chi connectivity index (χ4n) is 3.67. The largest absolute Gasteiger partial charge is 0.419 e. The van der Waals surface area contributed by atoms with E-state index >= 15 is 0 Å². The Morgan fingerprint density at radius 2 is 2.00 bits per heavy atom. The van der Waals surface area contributed by atoms with Crippen LogP contribution in [0.25, 0.3) is 5.57 Å². The number of hydrazine groups is 1. The van der Waals surface area contributed by atoms with Crippen molar-refractivity contribution in [2.45, 2.75) is 18.8 Å². The first-order valence-electron chi connectivity index (χ1n) is 9.19. The van der Waals surface area contributed by atoms with Gasteiger partial charge in [-0.2, -0.15) is 13.2 Å². The molecule has 1 atom stereocenters. The van der Waals surface area contributed by atoms with Gasteiger partial charge in [0.05, 0.1) is 12.1 Å². The van der Waals surface area contributed by atoms with E-state index in [1.807, 2.05) is 0 Å². The number of carbonyl (C=O) groups is 2. The number of hydrogen-bond donors (Lipinski definition) is 1. The van der Waals surface area contributed by atoms with Gasteiger partial charge in [0.2, 0.25) is 5.91 Å². The number of benzene rings is 1. The summed E-state index contributed by atoms with van der Waals surface area (Å²) >= 11 is 0. The number of likely N-dealkylation sites (tertiary alicyclic amines) is 1. The molecule has 11 heteroatoms. The van der Waals surface area contributed by atoms with Crippen LogP contribution in [0.3, 0.4) is 0 Å². The second-order valence-corrected chi connectivity index (χ2v) is 7.18. The molecule has 3 aliphatic heterocycles. The van der Waals surface area contributed by atoms with Gasteiger partial charge in [0.25, 0.3) is 5.91 Å². The molecule has 160 valence electrons. The summed E-state index contributed by atoms with van der Waals surface area (Å²) in [5.41, 5.74) is 1.77. The molecule has 0 radical (unpaired) electrons. The molecule has 3 heterocycles. The second-order valence-electron chi connectivity index (χ2n) is 7.18. The predicted molar refractivity (Wildman–Crippen MR) is 95.1 cm³/mol. The Labute approximate surface area is 168 Å². The zero-order valence-electron chi connectivity index (χ0n) is 15.5. The van der Waals surface area contributed by atoms with Crippen molar-refractivity contribution in [2.75, 3.05) is 26.2 Å². The summed E-state index contributed by atoms with van der Waals surface area (Å²) in [6.07, 6.45) is -2.89. The van der Waals surface area contributed by atoms with Crippen molar-refractivity contribution in [3.8, 4) is 0 Å². The van der Waals surface area contributed by atoms with E-state index < -0.39 is 35.5 Å². The molecule has 0 bridgehead atoms. The van der Waals surface area contributed by atoms with Gasteiger partial charge in [-0.1, -0.05) is 6.07 Å². The zero-order chi connectivity index (χ0) is 21.6. The average molecular weight is 428 g/mol. The van der Waals surface area contributed by atoms with Crippen LogP contribution in [0.2, 0.25) is 0 Å². The molecular formula is C19H17F5N4O2. The third-order valence-electron chi connectivity index (χ3n) is 5.22. The van der Waals surface area contributed by atoms with Gasteiger partial charge in [0.1, 0.15) is 24.2 Å². The molecule has 4 rings (SSSR count). The number of hydrogen-bond acceptors (Lipinski definition) is 4. The molecule has 1 saturated heterocycles. The molecule has 30 heavy (non-hydrogen) atoms. The third kappa shape index (κ3) is 3.64. The highest BCUT2D eigenvalue weighted by molar-refractivity contribution is 6.04. The van der Waals surface area contributed by atoms with Gasteiger partial charge in [0.15, 0.2) is 0 Å². The molecule has 1 aromatic carbocycles. The molecule has 1 unspecified atom stereocenters. The Hall–Kier alpha value is -2.95. The van der Waals surface area contributed by atoms with Gasteiger partial charge in [0, 0.05) is 31.1 Å². The Morgan fingerprint density at radius 1 is 1.23 bits per heavy atom. The fourth-order valence-corrected chi connectivity index (χ4v) is 3.67. The van der Waals surface area contributed by atoms with E-state index in [1.165, 1.54) is 28.4 Å². The van der Waals surface area contributed by atoms with Gasteiger partial charge >= 0.3 is 6.18 Å². The summed E-state index contributed by atoms with van der Waals surface area (Å²) in [4.78, 5) is 27.8. The lowest BCUT2D eigenvalue weighted by molar-refractivity contribution is -0.140. The van der Waals surface area contributed by atoms with Crippen molar-refractivity contribution < 1.29 is 31.5 Å². The van der Waals surface area contributed by atoms with Crippen LogP contribution in [-0.4, -0.2) is 59.0 Å². The second kappa shape index (κ2) is 7.38. The van der Waals surface area contributed by atoms with Crippen molar-refractivity contribution in [3.05, 3.63) is 53.2 Å². The quantitative estimate of drug-likeness (QED) is 0.751. The number of carbonyl (C=O) groups excluding carboxylic acids is 2. The van der Waals surface area contributed by atoms with Crippen molar-refractivity contribution in [1.29, 1.82) is 0 Å². The number of amides is 2. The van der Waals surface area contributed by atoms with Crippen LogP contribution in [0.4, 0.5) is 22.0 Å². The molecule has 1 aromatic rings. The summed E-state index contributed by atoms with van der Waals surface area (Å²) in [5, 5.41) is 1.35. The molecule has 0 aromatic heterocycles. The van der Waals surface area contributed by atoms with Crippen LogP contribution in [0, 0.1) is 5.82 Å². The first-order valence-corrected chi connectivity index (χ1v) is 9.19. The molecular weight excluding hydrogens is 411 g/mol. The van der Waals surface area contributed by atoms with E-state index in [0.29, 0.717) is 12.1 Å². The molecule has 0 aliphatic carbocycles. The smallest absolute Gasteiger partial charge is 0.338 e. The molecule has 2 amide bonds. The maximum absolute atomic E-state index is 13.6. The molecule has 6 nitrogen and oxygen atoms in total. The fraction of sp³-hybridized carbons (Fsp3) is 0.368. The number of alkyl halides is 4. The standard InChI is InChI=1S/C19H17F5N4O2/c20-12-3-4-26(9-12)16(29)10-27-5-6-28-17(18(27)30)13(8-25-28)11-1-2-15(21)14(7-11)19(22,23)24/h1-2,5-7,12,25H,3-4,8-10H2. The van der Waals surface area contributed by atoms with E-state index in [2.05, 4.69) is 5.43 Å². The van der Waals surface area contributed by atoms with Crippen LogP contribution in [0.1, 0.15) is 17.5 Å². The average Bonchev–Trinajstić information content (AvgIpc) is 3.30. The van der Waals surface area contributed by atoms with E-state index in [9.17, 15) is 31.5 Å². The minimum absolute atomic E-state index is 0.0258. The number of nitrogens with zero attached hydrogens (tertiary/aromatic N) is 3. The van der Waals surface area contributed by atoms with E-state index in [1.54, 1.807) is 0 Å². The summed E-state index contributed by atoms with van der Waals surface area (Å²) in [6.45, 7) is -0.0269. The number of fused-ring (bicyclic) bond motifs is 1. The van der Waals surface area contributed by atoms with Crippen molar-refractivity contribution >= 4 is 17.4 Å². The minimum Gasteiger partial charge on any atom is -0.338 e. The van der Waals surface area contributed by atoms with Crippen LogP contribution in [0.15, 0.2) is 36.3 Å². The molecule has 1 N–H and O–H groups in total. The number of rotatable bonds is 3. The van der Waals surface area contributed by atoms with Crippen LogP contribution < -0.4 is 5.43 Å². The lowest BCUT2D eigenvalue weighted by Gasteiger charge is -2.29. The lowest BCUT2D eigenvalue weighted by Crippen LogP contribution is -2.45. The van der Waals surface area contributed by atoms with Crippen LogP contribution in [0.5, 0.6) is 0 Å². The third-order valence-corrected chi connectivity index (χ3v) is 5.22. The normalized spacial score (nSPS) is 21.7. The number of halogens is 5. The Bertz CT molecular complexity index is 959. The summed E-state index contributed by atoms with van der Waals surface area (Å²) in [7, 11) is 0. The van der Waals surface area contributed by atoms with Gasteiger partial charge in [-0.05, 0) is 24.1 Å². The first kappa shape index (κ1) is 20.3. The Morgan fingerprint density at radius 3 is 2.67 bits per heavy atom. The van der Waals surface area contributed by atoms with Crippen molar-refractivity contribution in [2.24, 2.45) is 0 Å². The highest BCUT2D eigenvalue weighted by Gasteiger charge is 2.38. The van der Waals surface area contributed by atoms with Crippen LogP contribution >= 0.6 is 0 Å². The topological polar surface area (TPSA) is 55.9 Å². The minimum atomic E-state index is -4.88. The molecule has 0 saturated carbocycles.